The van der Waals surface area contributed by atoms with Gasteiger partial charge >= 0.3 is 0 Å². The fourth-order valence-corrected chi connectivity index (χ4v) is 3.74. The van der Waals surface area contributed by atoms with Crippen LogP contribution in [0.5, 0.6) is 0 Å². The van der Waals surface area contributed by atoms with Crippen LogP contribution in [0.1, 0.15) is 37.7 Å². The molecule has 1 heterocycles. The molecule has 24 heavy (non-hydrogen) atoms. The number of hydrogen-bond acceptors (Lipinski definition) is 3. The largest absolute Gasteiger partial charge is 0.369 e. The molecule has 3 rings (SSSR count). The normalized spacial score (nSPS) is 21.0. The Labute approximate surface area is 141 Å². The van der Waals surface area contributed by atoms with E-state index in [0.29, 0.717) is 0 Å². The van der Waals surface area contributed by atoms with Gasteiger partial charge in [-0.15, -0.1) is 0 Å². The van der Waals surface area contributed by atoms with Gasteiger partial charge in [0, 0.05) is 19.1 Å². The minimum Gasteiger partial charge on any atom is -0.369 e. The van der Waals surface area contributed by atoms with Gasteiger partial charge in [-0.2, -0.15) is 0 Å². The van der Waals surface area contributed by atoms with Crippen molar-refractivity contribution in [1.82, 2.24) is 10.2 Å². The number of nitrogens with zero attached hydrogens (tertiary/aromatic N) is 1. The number of nitrogens with one attached hydrogen (secondary N) is 1. The molecule has 0 atom stereocenters. The molecule has 1 saturated heterocycles. The molecule has 1 aromatic rings. The molecule has 0 aromatic heterocycles. The lowest BCUT2D eigenvalue weighted by Gasteiger charge is -2.42. The van der Waals surface area contributed by atoms with Gasteiger partial charge in [-0.1, -0.05) is 18.6 Å². The number of rotatable bonds is 5. The van der Waals surface area contributed by atoms with Gasteiger partial charge in [0.05, 0.1) is 12.0 Å². The standard InChI is InChI=1S/C18H24FN3O2/c19-14-4-1-3-13(11-14)18(7-2-8-18)17(24)21-15-5-9-22(10-6-15)12-16(20)23/h1,3-4,11,15H,2,5-10,12H2,(H2,20,23)(H,21,24). The Bertz CT molecular complexity index is 622. The van der Waals surface area contributed by atoms with Crippen molar-refractivity contribution in [3.63, 3.8) is 0 Å². The van der Waals surface area contributed by atoms with Crippen LogP contribution in [0.4, 0.5) is 4.39 Å². The van der Waals surface area contributed by atoms with Crippen LogP contribution in [0.2, 0.25) is 0 Å². The number of halogens is 1. The van der Waals surface area contributed by atoms with Crippen LogP contribution in [0.3, 0.4) is 0 Å². The number of benzene rings is 1. The fourth-order valence-electron chi connectivity index (χ4n) is 3.74. The second kappa shape index (κ2) is 6.89. The monoisotopic (exact) mass is 333 g/mol. The lowest BCUT2D eigenvalue weighted by molar-refractivity contribution is -0.131. The summed E-state index contributed by atoms with van der Waals surface area (Å²) in [5.41, 5.74) is 5.42. The molecule has 130 valence electrons. The first-order valence-electron chi connectivity index (χ1n) is 8.57. The molecule has 0 radical (unpaired) electrons. The third-order valence-corrected chi connectivity index (χ3v) is 5.32. The van der Waals surface area contributed by atoms with E-state index in [1.165, 1.54) is 12.1 Å². The summed E-state index contributed by atoms with van der Waals surface area (Å²) < 4.78 is 13.6. The highest BCUT2D eigenvalue weighted by molar-refractivity contribution is 5.89. The Morgan fingerprint density at radius 1 is 1.29 bits per heavy atom. The van der Waals surface area contributed by atoms with Crippen molar-refractivity contribution in [2.24, 2.45) is 5.73 Å². The number of nitrogens with two attached hydrogens (primary N) is 1. The molecule has 2 fully saturated rings. The average Bonchev–Trinajstić information content (AvgIpc) is 2.48. The molecule has 0 unspecified atom stereocenters. The molecule has 0 bridgehead atoms. The predicted octanol–water partition coefficient (Wildman–Crippen LogP) is 1.31. The summed E-state index contributed by atoms with van der Waals surface area (Å²) in [6.07, 6.45) is 4.13. The van der Waals surface area contributed by atoms with Gasteiger partial charge in [-0.05, 0) is 43.4 Å². The van der Waals surface area contributed by atoms with Gasteiger partial charge < -0.3 is 11.1 Å². The maximum Gasteiger partial charge on any atom is 0.231 e. The first kappa shape index (κ1) is 16.9. The fraction of sp³-hybridized carbons (Fsp3) is 0.556. The lowest BCUT2D eigenvalue weighted by atomic mass is 9.63. The number of carbonyl (C=O) groups is 2. The average molecular weight is 333 g/mol. The Morgan fingerprint density at radius 3 is 2.54 bits per heavy atom. The molecule has 2 amide bonds. The van der Waals surface area contributed by atoms with Gasteiger partial charge in [0.2, 0.25) is 11.8 Å². The molecule has 0 spiro atoms. The zero-order valence-electron chi connectivity index (χ0n) is 13.8. The molecule has 1 aromatic carbocycles. The molecule has 5 nitrogen and oxygen atoms in total. The van der Waals surface area contributed by atoms with Crippen LogP contribution in [0.25, 0.3) is 0 Å². The van der Waals surface area contributed by atoms with Crippen molar-refractivity contribution in [1.29, 1.82) is 0 Å². The first-order chi connectivity index (χ1) is 11.5. The van der Waals surface area contributed by atoms with Gasteiger partial charge in [0.15, 0.2) is 0 Å². The maximum atomic E-state index is 13.6. The quantitative estimate of drug-likeness (QED) is 0.853. The van der Waals surface area contributed by atoms with Gasteiger partial charge in [-0.25, -0.2) is 4.39 Å². The van der Waals surface area contributed by atoms with Crippen molar-refractivity contribution in [3.05, 3.63) is 35.6 Å². The molecule has 1 aliphatic heterocycles. The zero-order chi connectivity index (χ0) is 17.2. The van der Waals surface area contributed by atoms with Crippen LogP contribution < -0.4 is 11.1 Å². The van der Waals surface area contributed by atoms with Crippen LogP contribution in [0, 0.1) is 5.82 Å². The van der Waals surface area contributed by atoms with E-state index >= 15 is 0 Å². The summed E-state index contributed by atoms with van der Waals surface area (Å²) in [5, 5.41) is 3.15. The maximum absolute atomic E-state index is 13.6. The number of primary amides is 1. The van der Waals surface area contributed by atoms with Crippen LogP contribution in [-0.2, 0) is 15.0 Å². The summed E-state index contributed by atoms with van der Waals surface area (Å²) in [6, 6.07) is 6.50. The Hall–Kier alpha value is -1.95. The molecule has 3 N–H and O–H groups in total. The highest BCUT2D eigenvalue weighted by atomic mass is 19.1. The van der Waals surface area contributed by atoms with Crippen molar-refractivity contribution in [2.75, 3.05) is 19.6 Å². The summed E-state index contributed by atoms with van der Waals surface area (Å²) in [7, 11) is 0. The minimum atomic E-state index is -0.577. The summed E-state index contributed by atoms with van der Waals surface area (Å²) in [5.74, 6) is -0.615. The predicted molar refractivity (Wildman–Crippen MR) is 88.7 cm³/mol. The van der Waals surface area contributed by atoms with Crippen molar-refractivity contribution < 1.29 is 14.0 Å². The molecule has 2 aliphatic rings. The van der Waals surface area contributed by atoms with Crippen molar-refractivity contribution >= 4 is 11.8 Å². The summed E-state index contributed by atoms with van der Waals surface area (Å²) >= 11 is 0. The Kier molecular flexibility index (Phi) is 4.85. The molecule has 1 aliphatic carbocycles. The minimum absolute atomic E-state index is 0.00713. The van der Waals surface area contributed by atoms with Crippen LogP contribution >= 0.6 is 0 Å². The van der Waals surface area contributed by atoms with Gasteiger partial charge in [0.25, 0.3) is 0 Å². The van der Waals surface area contributed by atoms with Crippen molar-refractivity contribution in [3.8, 4) is 0 Å². The smallest absolute Gasteiger partial charge is 0.231 e. The third-order valence-electron chi connectivity index (χ3n) is 5.32. The third kappa shape index (κ3) is 3.43. The van der Waals surface area contributed by atoms with E-state index in [4.69, 9.17) is 5.73 Å². The highest BCUT2D eigenvalue weighted by Gasteiger charge is 2.46. The Morgan fingerprint density at radius 2 is 2.00 bits per heavy atom. The molecule has 1 saturated carbocycles. The topological polar surface area (TPSA) is 75.4 Å². The van der Waals surface area contributed by atoms with E-state index in [1.54, 1.807) is 6.07 Å². The van der Waals surface area contributed by atoms with Gasteiger partial charge in [0.1, 0.15) is 5.82 Å². The highest BCUT2D eigenvalue weighted by Crippen LogP contribution is 2.44. The van der Waals surface area contributed by atoms with Crippen LogP contribution in [0.15, 0.2) is 24.3 Å². The SMILES string of the molecule is NC(=O)CN1CCC(NC(=O)C2(c3cccc(F)c3)CCC2)CC1. The second-order valence-corrected chi connectivity index (χ2v) is 6.94. The number of amides is 2. The van der Waals surface area contributed by atoms with Crippen molar-refractivity contribution in [2.45, 2.75) is 43.6 Å². The van der Waals surface area contributed by atoms with E-state index in [1.807, 2.05) is 11.0 Å². The van der Waals surface area contributed by atoms with E-state index in [0.717, 1.165) is 50.8 Å². The molecular formula is C18H24FN3O2. The van der Waals surface area contributed by atoms with E-state index in [-0.39, 0.29) is 30.2 Å². The first-order valence-corrected chi connectivity index (χ1v) is 8.57. The zero-order valence-corrected chi connectivity index (χ0v) is 13.8. The number of carbonyl (C=O) groups excluding carboxylic acids is 2. The van der Waals surface area contributed by atoms with E-state index in [9.17, 15) is 14.0 Å². The molecular weight excluding hydrogens is 309 g/mol. The second-order valence-electron chi connectivity index (χ2n) is 6.94. The van der Waals surface area contributed by atoms with Gasteiger partial charge in [-0.3, -0.25) is 14.5 Å². The lowest BCUT2D eigenvalue weighted by Crippen LogP contribution is -2.54. The number of hydrogen-bond donors (Lipinski definition) is 2. The molecule has 6 heteroatoms. The number of likely N-dealkylation sites (tertiary alicyclic amines) is 1. The Balaban J connectivity index is 1.61. The number of piperidine rings is 1. The van der Waals surface area contributed by atoms with Crippen LogP contribution in [-0.4, -0.2) is 42.4 Å². The van der Waals surface area contributed by atoms with E-state index in [2.05, 4.69) is 5.32 Å². The van der Waals surface area contributed by atoms with E-state index < -0.39 is 5.41 Å². The summed E-state index contributed by atoms with van der Waals surface area (Å²) in [6.45, 7) is 1.77. The summed E-state index contributed by atoms with van der Waals surface area (Å²) in [4.78, 5) is 25.8.